The van der Waals surface area contributed by atoms with Crippen molar-refractivity contribution < 1.29 is 52.9 Å². The summed E-state index contributed by atoms with van der Waals surface area (Å²) < 4.78 is 26.2. The maximum Gasteiger partial charge on any atom is 0.469 e. The normalized spacial score (nSPS) is 19.6. The van der Waals surface area contributed by atoms with Gasteiger partial charge in [-0.25, -0.2) is 4.57 Å². The number of phosphoric ester groups is 1. The van der Waals surface area contributed by atoms with Gasteiger partial charge in [0.05, 0.1) is 18.8 Å². The second kappa shape index (κ2) is 27.8. The van der Waals surface area contributed by atoms with E-state index in [1.54, 1.807) is 12.2 Å². The standard InChI is InChI=1S/C37H65O11P/c1-3-5-7-8-9-10-11-12-13-14-20-24-37(42)48-31(29-47-49(43,44)45)28-46-36(41)23-19-16-15-18-22-32-33(35(40)27-34(32)39)26-25-30(38)21-17-6-4-2/h8-9,25-26,30-33,35,38,40H,3-7,10-24,27-29H2,1-2H3,(H2,43,44,45)/b9-8-,26-25+/t30-,31+,32+,33+,35+/m0/s1. The number of ether oxygens (including phenoxy) is 2. The van der Waals surface area contributed by atoms with Crippen LogP contribution in [0.2, 0.25) is 0 Å². The van der Waals surface area contributed by atoms with Crippen LogP contribution >= 0.6 is 7.82 Å². The molecule has 0 spiro atoms. The Labute approximate surface area is 294 Å². The van der Waals surface area contributed by atoms with E-state index in [0.717, 1.165) is 77.0 Å². The van der Waals surface area contributed by atoms with Gasteiger partial charge in [0.15, 0.2) is 6.10 Å². The lowest BCUT2D eigenvalue weighted by Gasteiger charge is -2.18. The third-order valence-corrected chi connectivity index (χ3v) is 9.32. The molecule has 0 aliphatic heterocycles. The van der Waals surface area contributed by atoms with Crippen molar-refractivity contribution in [3.8, 4) is 0 Å². The van der Waals surface area contributed by atoms with Crippen LogP contribution in [-0.2, 0) is 32.9 Å². The number of aliphatic hydroxyl groups is 2. The van der Waals surface area contributed by atoms with E-state index in [-0.39, 0.29) is 43.5 Å². The molecule has 11 nitrogen and oxygen atoms in total. The number of esters is 2. The molecule has 0 radical (unpaired) electrons. The highest BCUT2D eigenvalue weighted by molar-refractivity contribution is 7.46. The Balaban J connectivity index is 2.32. The molecule has 1 saturated carbocycles. The van der Waals surface area contributed by atoms with Crippen LogP contribution in [0.1, 0.15) is 149 Å². The zero-order valence-electron chi connectivity index (χ0n) is 30.1. The van der Waals surface area contributed by atoms with Gasteiger partial charge in [0.1, 0.15) is 12.4 Å². The highest BCUT2D eigenvalue weighted by atomic mass is 31.2. The molecule has 0 aromatic rings. The number of phosphoric acid groups is 1. The Morgan fingerprint density at radius 1 is 0.837 bits per heavy atom. The predicted molar refractivity (Wildman–Crippen MR) is 189 cm³/mol. The summed E-state index contributed by atoms with van der Waals surface area (Å²) in [5.41, 5.74) is 0. The summed E-state index contributed by atoms with van der Waals surface area (Å²) in [5, 5.41) is 20.6. The second-order valence-electron chi connectivity index (χ2n) is 13.3. The molecule has 0 heterocycles. The smallest absolute Gasteiger partial charge is 0.462 e. The summed E-state index contributed by atoms with van der Waals surface area (Å²) in [6.45, 7) is 3.31. The van der Waals surface area contributed by atoms with Gasteiger partial charge in [0, 0.05) is 31.1 Å². The maximum absolute atomic E-state index is 12.5. The number of hydrogen-bond acceptors (Lipinski definition) is 9. The van der Waals surface area contributed by atoms with E-state index in [1.165, 1.54) is 12.8 Å². The van der Waals surface area contributed by atoms with Crippen molar-refractivity contribution in [3.05, 3.63) is 24.3 Å². The number of ketones is 1. The molecule has 49 heavy (non-hydrogen) atoms. The molecule has 1 fully saturated rings. The SMILES string of the molecule is CCCC/C=C\CCCCCCCC(=O)O[C@H](COC(=O)CCCCCC[C@H]1C(=O)C[C@@H](O)[C@@H]1/C=C/[C@@H](O)CCCCC)COP(=O)(O)O. The van der Waals surface area contributed by atoms with E-state index >= 15 is 0 Å². The van der Waals surface area contributed by atoms with Crippen molar-refractivity contribution in [3.63, 3.8) is 0 Å². The Morgan fingerprint density at radius 2 is 1.45 bits per heavy atom. The van der Waals surface area contributed by atoms with Gasteiger partial charge in [-0.05, 0) is 44.9 Å². The zero-order chi connectivity index (χ0) is 36.3. The molecular weight excluding hydrogens is 651 g/mol. The van der Waals surface area contributed by atoms with Gasteiger partial charge >= 0.3 is 19.8 Å². The molecule has 0 aromatic carbocycles. The number of carbonyl (C=O) groups excluding carboxylic acids is 3. The zero-order valence-corrected chi connectivity index (χ0v) is 30.9. The van der Waals surface area contributed by atoms with Gasteiger partial charge in [-0.2, -0.15) is 0 Å². The average Bonchev–Trinajstić information content (AvgIpc) is 3.32. The van der Waals surface area contributed by atoms with E-state index in [2.05, 4.69) is 30.5 Å². The summed E-state index contributed by atoms with van der Waals surface area (Å²) >= 11 is 0. The van der Waals surface area contributed by atoms with Gasteiger partial charge in [-0.3, -0.25) is 18.9 Å². The molecule has 0 saturated heterocycles. The van der Waals surface area contributed by atoms with E-state index < -0.39 is 44.7 Å². The van der Waals surface area contributed by atoms with Crippen LogP contribution in [0.3, 0.4) is 0 Å². The first kappa shape index (κ1) is 45.1. The molecule has 5 atom stereocenters. The van der Waals surface area contributed by atoms with Crippen molar-refractivity contribution in [2.75, 3.05) is 13.2 Å². The summed E-state index contributed by atoms with van der Waals surface area (Å²) in [4.78, 5) is 55.3. The van der Waals surface area contributed by atoms with E-state index in [9.17, 15) is 29.2 Å². The molecule has 12 heteroatoms. The Morgan fingerprint density at radius 3 is 2.12 bits per heavy atom. The minimum atomic E-state index is -4.81. The first-order chi connectivity index (χ1) is 23.5. The van der Waals surface area contributed by atoms with Gasteiger partial charge in [0.2, 0.25) is 0 Å². The van der Waals surface area contributed by atoms with Crippen LogP contribution in [0.15, 0.2) is 24.3 Å². The fourth-order valence-corrected chi connectivity index (χ4v) is 6.31. The molecule has 1 aliphatic carbocycles. The second-order valence-corrected chi connectivity index (χ2v) is 14.6. The van der Waals surface area contributed by atoms with Gasteiger partial charge in [-0.1, -0.05) is 109 Å². The fourth-order valence-electron chi connectivity index (χ4n) is 5.95. The van der Waals surface area contributed by atoms with Crippen LogP contribution in [0.5, 0.6) is 0 Å². The van der Waals surface area contributed by atoms with Crippen LogP contribution in [-0.4, -0.2) is 69.2 Å². The maximum atomic E-state index is 12.5. The van der Waals surface area contributed by atoms with Crippen LogP contribution in [0.4, 0.5) is 0 Å². The number of aliphatic hydroxyl groups excluding tert-OH is 2. The molecule has 0 amide bonds. The molecule has 284 valence electrons. The number of Topliss-reactive ketones (excluding diaryl/α,β-unsaturated/α-hetero) is 1. The predicted octanol–water partition coefficient (Wildman–Crippen LogP) is 7.43. The van der Waals surface area contributed by atoms with Crippen molar-refractivity contribution in [1.82, 2.24) is 0 Å². The van der Waals surface area contributed by atoms with Gasteiger partial charge < -0.3 is 29.5 Å². The van der Waals surface area contributed by atoms with E-state index in [4.69, 9.17) is 19.3 Å². The highest BCUT2D eigenvalue weighted by Gasteiger charge is 2.39. The summed E-state index contributed by atoms with van der Waals surface area (Å²) in [6, 6.07) is 0. The Bertz CT molecular complexity index is 1010. The third-order valence-electron chi connectivity index (χ3n) is 8.84. The lowest BCUT2D eigenvalue weighted by atomic mass is 9.88. The van der Waals surface area contributed by atoms with Crippen LogP contribution < -0.4 is 0 Å². The summed E-state index contributed by atoms with van der Waals surface area (Å²) in [5.74, 6) is -1.59. The van der Waals surface area contributed by atoms with E-state index in [0.29, 0.717) is 25.7 Å². The van der Waals surface area contributed by atoms with Gasteiger partial charge in [-0.15, -0.1) is 0 Å². The fraction of sp³-hybridized carbons (Fsp3) is 0.811. The summed E-state index contributed by atoms with van der Waals surface area (Å²) in [7, 11) is -4.81. The number of unbranched alkanes of at least 4 members (excludes halogenated alkanes) is 12. The van der Waals surface area contributed by atoms with Crippen molar-refractivity contribution in [2.45, 2.75) is 167 Å². The summed E-state index contributed by atoms with van der Waals surface area (Å²) in [6.07, 6.45) is 22.4. The minimum Gasteiger partial charge on any atom is -0.462 e. The molecule has 4 N–H and O–H groups in total. The molecule has 0 bridgehead atoms. The molecule has 0 aromatic heterocycles. The molecule has 1 rings (SSSR count). The molecule has 1 aliphatic rings. The lowest BCUT2D eigenvalue weighted by Crippen LogP contribution is -2.29. The topological polar surface area (TPSA) is 177 Å². The average molecular weight is 717 g/mol. The monoisotopic (exact) mass is 716 g/mol. The number of rotatable bonds is 30. The number of carbonyl (C=O) groups is 3. The molecular formula is C37H65O11P. The van der Waals surface area contributed by atoms with Crippen molar-refractivity contribution in [1.29, 1.82) is 0 Å². The number of hydrogen-bond donors (Lipinski definition) is 4. The van der Waals surface area contributed by atoms with Crippen molar-refractivity contribution in [2.24, 2.45) is 11.8 Å². The van der Waals surface area contributed by atoms with Crippen LogP contribution in [0.25, 0.3) is 0 Å². The highest BCUT2D eigenvalue weighted by Crippen LogP contribution is 2.36. The van der Waals surface area contributed by atoms with Crippen LogP contribution in [0, 0.1) is 11.8 Å². The van der Waals surface area contributed by atoms with Crippen molar-refractivity contribution >= 4 is 25.5 Å². The largest absolute Gasteiger partial charge is 0.469 e. The number of allylic oxidation sites excluding steroid dienone is 2. The quantitative estimate of drug-likeness (QED) is 0.0252. The third kappa shape index (κ3) is 24.0. The van der Waals surface area contributed by atoms with Gasteiger partial charge in [0.25, 0.3) is 0 Å². The Kier molecular flexibility index (Phi) is 25.6. The molecule has 0 unspecified atom stereocenters. The minimum absolute atomic E-state index is 0.0425. The first-order valence-electron chi connectivity index (χ1n) is 18.7. The first-order valence-corrected chi connectivity index (χ1v) is 20.3. The van der Waals surface area contributed by atoms with E-state index in [1.807, 2.05) is 0 Å². The Hall–Kier alpha value is -1.88. The lowest BCUT2D eigenvalue weighted by molar-refractivity contribution is -0.161.